The molecule has 116 valence electrons. The Morgan fingerprint density at radius 2 is 2.05 bits per heavy atom. The highest BCUT2D eigenvalue weighted by atomic mass is 32.2. The summed E-state index contributed by atoms with van der Waals surface area (Å²) in [6, 6.07) is 10.1. The molecule has 1 saturated heterocycles. The second-order valence-electron chi connectivity index (χ2n) is 5.33. The van der Waals surface area contributed by atoms with Crippen molar-refractivity contribution in [1.82, 2.24) is 5.32 Å². The highest BCUT2D eigenvalue weighted by Crippen LogP contribution is 2.22. The molecule has 0 unspecified atom stereocenters. The number of carbonyl (C=O) groups is 1. The zero-order chi connectivity index (χ0) is 14.9. The van der Waals surface area contributed by atoms with Gasteiger partial charge in [-0.1, -0.05) is 18.2 Å². The summed E-state index contributed by atoms with van der Waals surface area (Å²) in [4.78, 5) is 14.8. The number of quaternary nitrogens is 1. The van der Waals surface area contributed by atoms with Crippen molar-refractivity contribution in [2.75, 3.05) is 39.4 Å². The maximum absolute atomic E-state index is 12.0. The molecule has 0 aliphatic carbocycles. The van der Waals surface area contributed by atoms with Gasteiger partial charge in [-0.05, 0) is 19.1 Å². The number of hydrogen-bond donors (Lipinski definition) is 2. The summed E-state index contributed by atoms with van der Waals surface area (Å²) in [5.74, 6) is 0.126. The summed E-state index contributed by atoms with van der Waals surface area (Å²) >= 11 is 1.60. The van der Waals surface area contributed by atoms with Gasteiger partial charge in [-0.25, -0.2) is 0 Å². The molecule has 0 radical (unpaired) electrons. The first-order chi connectivity index (χ1) is 10.3. The van der Waals surface area contributed by atoms with Crippen molar-refractivity contribution in [2.45, 2.75) is 23.5 Å². The Bertz CT molecular complexity index is 422. The fourth-order valence-electron chi connectivity index (χ4n) is 2.36. The predicted octanol–water partition coefficient (Wildman–Crippen LogP) is 0.589. The molecule has 0 spiro atoms. The first-order valence-electron chi connectivity index (χ1n) is 7.66. The van der Waals surface area contributed by atoms with Gasteiger partial charge in [-0.2, -0.15) is 0 Å². The number of nitrogens with one attached hydrogen (secondary N) is 2. The van der Waals surface area contributed by atoms with Gasteiger partial charge in [0, 0.05) is 17.9 Å². The van der Waals surface area contributed by atoms with E-state index in [-0.39, 0.29) is 11.2 Å². The molecule has 0 aromatic heterocycles. The minimum Gasteiger partial charge on any atom is -0.370 e. The van der Waals surface area contributed by atoms with Crippen LogP contribution >= 0.6 is 11.8 Å². The molecule has 1 amide bonds. The maximum atomic E-state index is 12.0. The fourth-order valence-corrected chi connectivity index (χ4v) is 3.27. The second-order valence-corrected chi connectivity index (χ2v) is 6.74. The molecule has 1 aliphatic rings. The molecular weight excluding hydrogens is 284 g/mol. The highest BCUT2D eigenvalue weighted by molar-refractivity contribution is 8.00. The van der Waals surface area contributed by atoms with Gasteiger partial charge in [-0.15, -0.1) is 11.8 Å². The van der Waals surface area contributed by atoms with Crippen molar-refractivity contribution in [1.29, 1.82) is 0 Å². The van der Waals surface area contributed by atoms with E-state index in [4.69, 9.17) is 4.74 Å². The van der Waals surface area contributed by atoms with E-state index in [2.05, 4.69) is 5.32 Å². The molecule has 1 aromatic rings. The number of thioether (sulfide) groups is 1. The number of rotatable bonds is 7. The molecule has 1 heterocycles. The first-order valence-corrected chi connectivity index (χ1v) is 8.54. The highest BCUT2D eigenvalue weighted by Gasteiger charge is 2.15. The molecule has 4 nitrogen and oxygen atoms in total. The van der Waals surface area contributed by atoms with Crippen LogP contribution < -0.4 is 10.2 Å². The van der Waals surface area contributed by atoms with Crippen LogP contribution in [0.3, 0.4) is 0 Å². The molecule has 5 heteroatoms. The topological polar surface area (TPSA) is 42.8 Å². The van der Waals surface area contributed by atoms with Gasteiger partial charge in [0.1, 0.15) is 13.1 Å². The predicted molar refractivity (Wildman–Crippen MR) is 85.8 cm³/mol. The van der Waals surface area contributed by atoms with Crippen molar-refractivity contribution in [3.8, 4) is 0 Å². The lowest BCUT2D eigenvalue weighted by molar-refractivity contribution is -0.908. The van der Waals surface area contributed by atoms with Gasteiger partial charge in [0.05, 0.1) is 25.0 Å². The third-order valence-electron chi connectivity index (χ3n) is 3.63. The fraction of sp³-hybridized carbons (Fsp3) is 0.562. The standard InChI is InChI=1S/C16H24N2O2S/c1-14(21-15-6-3-2-4-7-15)16(19)17-8-5-9-18-10-12-20-13-11-18/h2-4,6-7,14H,5,8-13H2,1H3,(H,17,19)/p+1/t14-/m0/s1. The van der Waals surface area contributed by atoms with E-state index in [1.54, 1.807) is 16.7 Å². The molecule has 2 rings (SSSR count). The van der Waals surface area contributed by atoms with Crippen LogP contribution in [0.25, 0.3) is 0 Å². The van der Waals surface area contributed by atoms with E-state index >= 15 is 0 Å². The Labute approximate surface area is 131 Å². The van der Waals surface area contributed by atoms with Crippen LogP contribution in [0.1, 0.15) is 13.3 Å². The van der Waals surface area contributed by atoms with E-state index < -0.39 is 0 Å². The lowest BCUT2D eigenvalue weighted by atomic mass is 10.3. The molecule has 2 N–H and O–H groups in total. The zero-order valence-electron chi connectivity index (χ0n) is 12.6. The molecule has 1 atom stereocenters. The average molecular weight is 309 g/mol. The Morgan fingerprint density at radius 3 is 2.76 bits per heavy atom. The second kappa shape index (κ2) is 9.07. The molecule has 1 fully saturated rings. The van der Waals surface area contributed by atoms with Gasteiger partial charge in [0.2, 0.25) is 5.91 Å². The van der Waals surface area contributed by atoms with Crippen molar-refractivity contribution in [3.05, 3.63) is 30.3 Å². The first kappa shape index (κ1) is 16.3. The third-order valence-corrected chi connectivity index (χ3v) is 4.74. The summed E-state index contributed by atoms with van der Waals surface area (Å²) in [7, 11) is 0. The largest absolute Gasteiger partial charge is 0.370 e. The van der Waals surface area contributed by atoms with Crippen LogP contribution in [0, 0.1) is 0 Å². The minimum absolute atomic E-state index is 0.0527. The van der Waals surface area contributed by atoms with Crippen LogP contribution in [0.5, 0.6) is 0 Å². The van der Waals surface area contributed by atoms with Crippen LogP contribution in [-0.2, 0) is 9.53 Å². The van der Waals surface area contributed by atoms with Crippen molar-refractivity contribution in [3.63, 3.8) is 0 Å². The zero-order valence-corrected chi connectivity index (χ0v) is 13.5. The van der Waals surface area contributed by atoms with E-state index in [0.29, 0.717) is 0 Å². The van der Waals surface area contributed by atoms with Crippen LogP contribution in [0.2, 0.25) is 0 Å². The molecule has 0 saturated carbocycles. The van der Waals surface area contributed by atoms with Gasteiger partial charge in [-0.3, -0.25) is 4.79 Å². The molecule has 0 bridgehead atoms. The summed E-state index contributed by atoms with van der Waals surface area (Å²) in [6.45, 7) is 7.76. The maximum Gasteiger partial charge on any atom is 0.233 e. The van der Waals surface area contributed by atoms with E-state index in [1.807, 2.05) is 37.3 Å². The Morgan fingerprint density at radius 1 is 1.33 bits per heavy atom. The van der Waals surface area contributed by atoms with Crippen LogP contribution in [0.15, 0.2) is 35.2 Å². The van der Waals surface area contributed by atoms with Crippen LogP contribution in [0.4, 0.5) is 0 Å². The monoisotopic (exact) mass is 309 g/mol. The molecular formula is C16H25N2O2S+. The number of hydrogen-bond acceptors (Lipinski definition) is 3. The number of carbonyl (C=O) groups excluding carboxylic acids is 1. The summed E-state index contributed by atoms with van der Waals surface area (Å²) in [5, 5.41) is 2.99. The summed E-state index contributed by atoms with van der Waals surface area (Å²) in [5.41, 5.74) is 0. The summed E-state index contributed by atoms with van der Waals surface area (Å²) in [6.07, 6.45) is 1.03. The summed E-state index contributed by atoms with van der Waals surface area (Å²) < 4.78 is 5.34. The van der Waals surface area contributed by atoms with E-state index in [1.165, 1.54) is 0 Å². The molecule has 21 heavy (non-hydrogen) atoms. The van der Waals surface area contributed by atoms with E-state index in [0.717, 1.165) is 50.7 Å². The minimum atomic E-state index is -0.0527. The van der Waals surface area contributed by atoms with Crippen molar-refractivity contribution >= 4 is 17.7 Å². The third kappa shape index (κ3) is 6.08. The Balaban J connectivity index is 1.60. The number of amides is 1. The van der Waals surface area contributed by atoms with Crippen molar-refractivity contribution in [2.24, 2.45) is 0 Å². The SMILES string of the molecule is C[C@H](Sc1ccccc1)C(=O)NCCC[NH+]1CCOCC1. The Hall–Kier alpha value is -1.04. The molecule has 1 aromatic carbocycles. The van der Waals surface area contributed by atoms with E-state index in [9.17, 15) is 4.79 Å². The lowest BCUT2D eigenvalue weighted by Crippen LogP contribution is -3.14. The van der Waals surface area contributed by atoms with Gasteiger partial charge < -0.3 is 15.0 Å². The van der Waals surface area contributed by atoms with Crippen molar-refractivity contribution < 1.29 is 14.4 Å². The van der Waals surface area contributed by atoms with Crippen LogP contribution in [-0.4, -0.2) is 50.5 Å². The van der Waals surface area contributed by atoms with Gasteiger partial charge in [0.15, 0.2) is 0 Å². The number of ether oxygens (including phenoxy) is 1. The number of benzene rings is 1. The Kier molecular flexibility index (Phi) is 7.06. The quantitative estimate of drug-likeness (QED) is 0.572. The number of morpholine rings is 1. The van der Waals surface area contributed by atoms with Gasteiger partial charge in [0.25, 0.3) is 0 Å². The molecule has 1 aliphatic heterocycles. The van der Waals surface area contributed by atoms with Gasteiger partial charge >= 0.3 is 0 Å². The average Bonchev–Trinajstić information content (AvgIpc) is 2.53. The normalized spacial score (nSPS) is 17.4. The smallest absolute Gasteiger partial charge is 0.233 e. The lowest BCUT2D eigenvalue weighted by Gasteiger charge is -2.23.